The van der Waals surface area contributed by atoms with Gasteiger partial charge in [-0.3, -0.25) is 0 Å². The summed E-state index contributed by atoms with van der Waals surface area (Å²) in [6.45, 7) is 23.3. The fraction of sp³-hybridized carbons (Fsp3) is 1.00. The van der Waals surface area contributed by atoms with Crippen molar-refractivity contribution < 1.29 is 39.8 Å². The molecule has 0 heterocycles. The molecule has 250 valence electrons. The van der Waals surface area contributed by atoms with Crippen molar-refractivity contribution in [3.8, 4) is 0 Å². The standard InChI is InChI=1S/C18H42O6S4Si2.C6H16O3SSi/c1-7-19-29(20-8-2,21-9-3)17-13-15-25-27-28-26-16-14-18-30(22-10-4,23-11-5)24-12-6;1-4-7-11(10,8-5-2)9-6-3/h7-18H2,1-6H3;10H,4-6H2,1-3H3. The molecule has 0 spiro atoms. The zero-order valence-electron chi connectivity index (χ0n) is 26.9. The van der Waals surface area contributed by atoms with Crippen LogP contribution >= 0.6 is 53.3 Å². The summed E-state index contributed by atoms with van der Waals surface area (Å²) in [6.07, 6.45) is 2.08. The maximum atomic E-state index is 5.90. The van der Waals surface area contributed by atoms with Gasteiger partial charge >= 0.3 is 25.6 Å². The second kappa shape index (κ2) is 30.7. The van der Waals surface area contributed by atoms with Crippen LogP contribution in [-0.4, -0.2) is 96.5 Å². The quantitative estimate of drug-likeness (QED) is 0.0349. The second-order valence-corrected chi connectivity index (χ2v) is 23.0. The molecule has 0 saturated heterocycles. The van der Waals surface area contributed by atoms with Crippen molar-refractivity contribution in [2.24, 2.45) is 0 Å². The minimum atomic E-state index is -2.55. The Labute approximate surface area is 275 Å². The van der Waals surface area contributed by atoms with Crippen molar-refractivity contribution in [3.05, 3.63) is 0 Å². The largest absolute Gasteiger partial charge is 0.570 e. The lowest BCUT2D eigenvalue weighted by atomic mass is 10.6. The average molecular weight is 735 g/mol. The number of thiol groups is 1. The molecule has 0 N–H and O–H groups in total. The van der Waals surface area contributed by atoms with Crippen molar-refractivity contribution >= 4 is 78.9 Å². The molecule has 0 aliphatic rings. The summed E-state index contributed by atoms with van der Waals surface area (Å²) >= 11 is 4.23. The summed E-state index contributed by atoms with van der Waals surface area (Å²) in [5, 5.41) is 0. The van der Waals surface area contributed by atoms with Crippen molar-refractivity contribution in [1.82, 2.24) is 0 Å². The summed E-state index contributed by atoms with van der Waals surface area (Å²) in [6, 6.07) is 1.76. The van der Waals surface area contributed by atoms with Gasteiger partial charge in [-0.2, -0.15) is 0 Å². The van der Waals surface area contributed by atoms with Gasteiger partial charge in [-0.05, 0) is 94.8 Å². The Balaban J connectivity index is 0. The molecular formula is C24H58O9S5Si3. The van der Waals surface area contributed by atoms with Crippen LogP contribution in [0.25, 0.3) is 0 Å². The van der Waals surface area contributed by atoms with Gasteiger partial charge in [0, 0.05) is 83.1 Å². The van der Waals surface area contributed by atoms with Gasteiger partial charge in [0.15, 0.2) is 0 Å². The Kier molecular flexibility index (Phi) is 33.8. The lowest BCUT2D eigenvalue weighted by Gasteiger charge is -2.28. The van der Waals surface area contributed by atoms with Crippen molar-refractivity contribution in [3.63, 3.8) is 0 Å². The molecule has 0 aromatic heterocycles. The van der Waals surface area contributed by atoms with E-state index in [0.717, 1.165) is 36.4 Å². The molecule has 0 aromatic carbocycles. The highest BCUT2D eigenvalue weighted by Gasteiger charge is 2.40. The molecule has 0 radical (unpaired) electrons. The predicted octanol–water partition coefficient (Wildman–Crippen LogP) is 8.00. The van der Waals surface area contributed by atoms with E-state index in [2.05, 4.69) is 12.1 Å². The van der Waals surface area contributed by atoms with Gasteiger partial charge in [-0.1, -0.05) is 21.6 Å². The van der Waals surface area contributed by atoms with E-state index in [1.54, 1.807) is 0 Å². The first-order chi connectivity index (χ1) is 19.8. The van der Waals surface area contributed by atoms with E-state index >= 15 is 0 Å². The maximum Gasteiger partial charge on any atom is 0.570 e. The Bertz CT molecular complexity index is 482. The average Bonchev–Trinajstić information content (AvgIpc) is 2.91. The highest BCUT2D eigenvalue weighted by molar-refractivity contribution is 9.26. The van der Waals surface area contributed by atoms with Crippen LogP contribution in [0.5, 0.6) is 0 Å². The first-order valence-electron chi connectivity index (χ1n) is 14.8. The van der Waals surface area contributed by atoms with Crippen LogP contribution in [0.15, 0.2) is 0 Å². The van der Waals surface area contributed by atoms with Crippen molar-refractivity contribution in [1.29, 1.82) is 0 Å². The summed E-state index contributed by atoms with van der Waals surface area (Å²) < 4.78 is 51.2. The highest BCUT2D eigenvalue weighted by Crippen LogP contribution is 2.44. The third-order valence-electron chi connectivity index (χ3n) is 4.71. The van der Waals surface area contributed by atoms with Crippen LogP contribution in [0.1, 0.15) is 75.2 Å². The molecule has 0 fully saturated rings. The molecule has 0 amide bonds. The zero-order valence-corrected chi connectivity index (χ0v) is 34.0. The molecule has 0 bridgehead atoms. The Morgan fingerprint density at radius 3 is 0.878 bits per heavy atom. The summed E-state index contributed by atoms with van der Waals surface area (Å²) in [5.41, 5.74) is 0. The molecule has 41 heavy (non-hydrogen) atoms. The lowest BCUT2D eigenvalue weighted by molar-refractivity contribution is 0.0704. The lowest BCUT2D eigenvalue weighted by Crippen LogP contribution is -2.46. The van der Waals surface area contributed by atoms with Crippen LogP contribution < -0.4 is 0 Å². The van der Waals surface area contributed by atoms with Crippen LogP contribution in [0.2, 0.25) is 12.1 Å². The Morgan fingerprint density at radius 2 is 0.659 bits per heavy atom. The Hall–Kier alpha value is 2.04. The molecule has 0 aliphatic heterocycles. The fourth-order valence-electron chi connectivity index (χ4n) is 3.48. The molecule has 0 atom stereocenters. The molecule has 0 rings (SSSR count). The normalized spacial score (nSPS) is 12.4. The predicted molar refractivity (Wildman–Crippen MR) is 190 cm³/mol. The second-order valence-electron chi connectivity index (χ2n) is 7.77. The van der Waals surface area contributed by atoms with Gasteiger partial charge < -0.3 is 39.8 Å². The molecule has 0 aromatic rings. The highest BCUT2D eigenvalue weighted by atomic mass is 33.7. The molecule has 0 saturated carbocycles. The number of hydrogen-bond acceptors (Lipinski definition) is 14. The van der Waals surface area contributed by atoms with Crippen molar-refractivity contribution in [2.75, 3.05) is 71.0 Å². The van der Waals surface area contributed by atoms with Crippen LogP contribution in [-0.2, 0) is 39.8 Å². The van der Waals surface area contributed by atoms with Crippen LogP contribution in [0, 0.1) is 0 Å². The fourth-order valence-corrected chi connectivity index (χ4v) is 17.9. The number of rotatable bonds is 29. The van der Waals surface area contributed by atoms with Crippen LogP contribution in [0.3, 0.4) is 0 Å². The van der Waals surface area contributed by atoms with Gasteiger partial charge in [-0.15, -0.1) is 12.1 Å². The van der Waals surface area contributed by atoms with E-state index in [1.165, 1.54) is 0 Å². The third kappa shape index (κ3) is 24.0. The monoisotopic (exact) mass is 734 g/mol. The third-order valence-corrected chi connectivity index (χ3v) is 20.8. The zero-order chi connectivity index (χ0) is 31.3. The minimum Gasteiger partial charge on any atom is -0.374 e. The van der Waals surface area contributed by atoms with Gasteiger partial charge in [0.1, 0.15) is 0 Å². The van der Waals surface area contributed by atoms with Gasteiger partial charge in [0.05, 0.1) is 0 Å². The van der Waals surface area contributed by atoms with Gasteiger partial charge in [0.25, 0.3) is 0 Å². The topological polar surface area (TPSA) is 83.1 Å². The maximum absolute atomic E-state index is 5.90. The van der Waals surface area contributed by atoms with E-state index in [4.69, 9.17) is 39.8 Å². The van der Waals surface area contributed by atoms with E-state index in [9.17, 15) is 0 Å². The van der Waals surface area contributed by atoms with E-state index < -0.39 is 25.6 Å². The molecule has 0 unspecified atom stereocenters. The van der Waals surface area contributed by atoms with Gasteiger partial charge in [-0.25, -0.2) is 0 Å². The van der Waals surface area contributed by atoms with E-state index in [1.807, 2.05) is 104 Å². The molecule has 0 aliphatic carbocycles. The molecular weight excluding hydrogens is 677 g/mol. The smallest absolute Gasteiger partial charge is 0.374 e. The first-order valence-corrected chi connectivity index (χ1v) is 26.8. The summed E-state index contributed by atoms with van der Waals surface area (Å²) in [7, 11) is -0.0792. The SMILES string of the molecule is CCO[Si](CCCSSSSCCC[Si](OCC)(OCC)OCC)(OCC)OCC.CCO[Si](S)(OCC)OCC. The minimum absolute atomic E-state index is 0.579. The van der Waals surface area contributed by atoms with E-state index in [-0.39, 0.29) is 0 Å². The van der Waals surface area contributed by atoms with E-state index in [0.29, 0.717) is 59.5 Å². The summed E-state index contributed by atoms with van der Waals surface area (Å²) in [5.74, 6) is 2.13. The van der Waals surface area contributed by atoms with Crippen molar-refractivity contribution in [2.45, 2.75) is 87.2 Å². The Morgan fingerprint density at radius 1 is 0.415 bits per heavy atom. The summed E-state index contributed by atoms with van der Waals surface area (Å²) in [4.78, 5) is 0. The van der Waals surface area contributed by atoms with Gasteiger partial charge in [0.2, 0.25) is 0 Å². The number of hydrogen-bond donors (Lipinski definition) is 1. The first kappa shape index (κ1) is 45.2. The molecule has 9 nitrogen and oxygen atoms in total. The van der Waals surface area contributed by atoms with Crippen LogP contribution in [0.4, 0.5) is 0 Å². The molecule has 17 heteroatoms.